The van der Waals surface area contributed by atoms with Crippen molar-refractivity contribution in [1.29, 1.82) is 0 Å². The van der Waals surface area contributed by atoms with Crippen molar-refractivity contribution in [2.24, 2.45) is 0 Å². The molecule has 1 aromatic rings. The molecule has 0 fully saturated rings. The SMILES string of the molecule is COCC(CCl)NC(=O)C1CCCc2sccc21. The molecular formula is C13H18ClNO2S. The molecule has 2 rings (SSSR count). The molecule has 2 unspecified atom stereocenters. The molecule has 1 aromatic heterocycles. The summed E-state index contributed by atoms with van der Waals surface area (Å²) >= 11 is 7.57. The first kappa shape index (κ1) is 13.8. The Morgan fingerprint density at radius 3 is 3.28 bits per heavy atom. The van der Waals surface area contributed by atoms with Crippen molar-refractivity contribution in [2.45, 2.75) is 31.2 Å². The third-order valence-electron chi connectivity index (χ3n) is 3.27. The molecular weight excluding hydrogens is 270 g/mol. The Labute approximate surface area is 116 Å². The molecule has 0 saturated carbocycles. The van der Waals surface area contributed by atoms with Crippen molar-refractivity contribution in [2.75, 3.05) is 19.6 Å². The van der Waals surface area contributed by atoms with Crippen molar-refractivity contribution in [1.82, 2.24) is 5.32 Å². The first-order valence-corrected chi connectivity index (χ1v) is 7.59. The zero-order valence-corrected chi connectivity index (χ0v) is 12.0. The van der Waals surface area contributed by atoms with Gasteiger partial charge in [-0.15, -0.1) is 22.9 Å². The number of carbonyl (C=O) groups is 1. The number of carbonyl (C=O) groups excluding carboxylic acids is 1. The van der Waals surface area contributed by atoms with Gasteiger partial charge in [-0.25, -0.2) is 0 Å². The van der Waals surface area contributed by atoms with Crippen LogP contribution in [0.15, 0.2) is 11.4 Å². The van der Waals surface area contributed by atoms with Gasteiger partial charge in [-0.2, -0.15) is 0 Å². The molecule has 1 heterocycles. The minimum absolute atomic E-state index is 0.0115. The molecule has 0 spiro atoms. The second kappa shape index (κ2) is 6.55. The molecule has 0 aromatic carbocycles. The predicted octanol–water partition coefficient (Wildman–Crippen LogP) is 2.54. The fourth-order valence-electron chi connectivity index (χ4n) is 2.39. The molecule has 1 N–H and O–H groups in total. The largest absolute Gasteiger partial charge is 0.383 e. The van der Waals surface area contributed by atoms with Crippen molar-refractivity contribution < 1.29 is 9.53 Å². The highest BCUT2D eigenvalue weighted by atomic mass is 35.5. The number of thiophene rings is 1. The number of fused-ring (bicyclic) bond motifs is 1. The number of methoxy groups -OCH3 is 1. The molecule has 0 bridgehead atoms. The van der Waals surface area contributed by atoms with Gasteiger partial charge in [0.25, 0.3) is 0 Å². The van der Waals surface area contributed by atoms with Crippen molar-refractivity contribution in [3.05, 3.63) is 21.9 Å². The van der Waals surface area contributed by atoms with E-state index in [4.69, 9.17) is 16.3 Å². The van der Waals surface area contributed by atoms with Gasteiger partial charge in [0.1, 0.15) is 0 Å². The quantitative estimate of drug-likeness (QED) is 0.845. The van der Waals surface area contributed by atoms with Gasteiger partial charge < -0.3 is 10.1 Å². The minimum atomic E-state index is -0.104. The number of hydrogen-bond donors (Lipinski definition) is 1. The summed E-state index contributed by atoms with van der Waals surface area (Å²) in [6, 6.07) is 1.98. The molecule has 0 saturated heterocycles. The zero-order chi connectivity index (χ0) is 13.0. The first-order chi connectivity index (χ1) is 8.76. The Morgan fingerprint density at radius 2 is 2.56 bits per heavy atom. The number of hydrogen-bond acceptors (Lipinski definition) is 3. The lowest BCUT2D eigenvalue weighted by molar-refractivity contribution is -0.123. The van der Waals surface area contributed by atoms with E-state index in [2.05, 4.69) is 16.8 Å². The van der Waals surface area contributed by atoms with E-state index in [0.717, 1.165) is 19.3 Å². The van der Waals surface area contributed by atoms with Gasteiger partial charge in [0.15, 0.2) is 0 Å². The molecule has 1 aliphatic carbocycles. The lowest BCUT2D eigenvalue weighted by Gasteiger charge is -2.24. The minimum Gasteiger partial charge on any atom is -0.383 e. The predicted molar refractivity (Wildman–Crippen MR) is 74.5 cm³/mol. The second-order valence-corrected chi connectivity index (χ2v) is 5.87. The average molecular weight is 288 g/mol. The van der Waals surface area contributed by atoms with Crippen molar-refractivity contribution in [3.63, 3.8) is 0 Å². The van der Waals surface area contributed by atoms with Gasteiger partial charge in [0, 0.05) is 17.9 Å². The smallest absolute Gasteiger partial charge is 0.227 e. The lowest BCUT2D eigenvalue weighted by Crippen LogP contribution is -2.42. The van der Waals surface area contributed by atoms with Crippen LogP contribution in [-0.4, -0.2) is 31.5 Å². The number of ether oxygens (including phenoxy) is 1. The van der Waals surface area contributed by atoms with E-state index in [1.165, 1.54) is 10.4 Å². The van der Waals surface area contributed by atoms with Crippen LogP contribution in [-0.2, 0) is 16.0 Å². The Kier molecular flexibility index (Phi) is 5.03. The van der Waals surface area contributed by atoms with Crippen LogP contribution < -0.4 is 5.32 Å². The molecule has 18 heavy (non-hydrogen) atoms. The van der Waals surface area contributed by atoms with E-state index in [-0.39, 0.29) is 17.9 Å². The zero-order valence-electron chi connectivity index (χ0n) is 10.4. The molecule has 2 atom stereocenters. The normalized spacial score (nSPS) is 20.2. The van der Waals surface area contributed by atoms with Crippen molar-refractivity contribution in [3.8, 4) is 0 Å². The van der Waals surface area contributed by atoms with Crippen LogP contribution in [0.3, 0.4) is 0 Å². The average Bonchev–Trinajstić information content (AvgIpc) is 2.85. The highest BCUT2D eigenvalue weighted by Gasteiger charge is 2.28. The number of nitrogens with one attached hydrogen (secondary N) is 1. The Morgan fingerprint density at radius 1 is 1.72 bits per heavy atom. The molecule has 3 nitrogen and oxygen atoms in total. The topological polar surface area (TPSA) is 38.3 Å². The maximum Gasteiger partial charge on any atom is 0.227 e. The summed E-state index contributed by atoms with van der Waals surface area (Å²) in [5.41, 5.74) is 1.20. The number of halogens is 1. The highest BCUT2D eigenvalue weighted by Crippen LogP contribution is 2.35. The summed E-state index contributed by atoms with van der Waals surface area (Å²) in [5, 5.41) is 5.05. The summed E-state index contributed by atoms with van der Waals surface area (Å²) in [5.74, 6) is 0.447. The molecule has 100 valence electrons. The molecule has 0 radical (unpaired) electrons. The Hall–Kier alpha value is -0.580. The monoisotopic (exact) mass is 287 g/mol. The van der Waals surface area contributed by atoms with E-state index in [1.54, 1.807) is 18.4 Å². The number of aryl methyl sites for hydroxylation is 1. The highest BCUT2D eigenvalue weighted by molar-refractivity contribution is 7.10. The van der Waals surface area contributed by atoms with E-state index >= 15 is 0 Å². The third-order valence-corrected chi connectivity index (χ3v) is 4.64. The maximum atomic E-state index is 12.3. The van der Waals surface area contributed by atoms with Crippen LogP contribution in [0.5, 0.6) is 0 Å². The van der Waals surface area contributed by atoms with E-state index < -0.39 is 0 Å². The van der Waals surface area contributed by atoms with E-state index in [0.29, 0.717) is 12.5 Å². The Bertz CT molecular complexity index is 407. The van der Waals surface area contributed by atoms with Gasteiger partial charge in [-0.3, -0.25) is 4.79 Å². The van der Waals surface area contributed by atoms with Gasteiger partial charge in [0.05, 0.1) is 18.6 Å². The summed E-state index contributed by atoms with van der Waals surface area (Å²) in [6.45, 7) is 0.457. The molecule has 5 heteroatoms. The number of rotatable bonds is 5. The van der Waals surface area contributed by atoms with E-state index in [1.807, 2.05) is 0 Å². The van der Waals surface area contributed by atoms with Gasteiger partial charge in [-0.1, -0.05) is 0 Å². The standard InChI is InChI=1S/C13H18ClNO2S/c1-17-8-9(7-14)15-13(16)11-3-2-4-12-10(11)5-6-18-12/h5-6,9,11H,2-4,7-8H2,1H3,(H,15,16). The first-order valence-electron chi connectivity index (χ1n) is 6.17. The fourth-order valence-corrected chi connectivity index (χ4v) is 3.54. The summed E-state index contributed by atoms with van der Waals surface area (Å²) in [7, 11) is 1.61. The maximum absolute atomic E-state index is 12.3. The number of amides is 1. The van der Waals surface area contributed by atoms with Crippen LogP contribution in [0, 0.1) is 0 Å². The van der Waals surface area contributed by atoms with Gasteiger partial charge in [0.2, 0.25) is 5.91 Å². The van der Waals surface area contributed by atoms with Crippen LogP contribution in [0.1, 0.15) is 29.2 Å². The summed E-state index contributed by atoms with van der Waals surface area (Å²) < 4.78 is 5.04. The van der Waals surface area contributed by atoms with Crippen LogP contribution in [0.4, 0.5) is 0 Å². The van der Waals surface area contributed by atoms with Gasteiger partial charge in [-0.05, 0) is 36.3 Å². The lowest BCUT2D eigenvalue weighted by atomic mass is 9.87. The second-order valence-electron chi connectivity index (χ2n) is 4.56. The van der Waals surface area contributed by atoms with Crippen LogP contribution in [0.25, 0.3) is 0 Å². The third kappa shape index (κ3) is 3.05. The fraction of sp³-hybridized carbons (Fsp3) is 0.615. The van der Waals surface area contributed by atoms with Crippen molar-refractivity contribution >= 4 is 28.8 Å². The molecule has 0 aliphatic heterocycles. The summed E-state index contributed by atoms with van der Waals surface area (Å²) in [6.07, 6.45) is 3.12. The van der Waals surface area contributed by atoms with E-state index in [9.17, 15) is 4.79 Å². The van der Waals surface area contributed by atoms with Crippen LogP contribution in [0.2, 0.25) is 0 Å². The number of alkyl halides is 1. The molecule has 1 amide bonds. The summed E-state index contributed by atoms with van der Waals surface area (Å²) in [4.78, 5) is 13.6. The van der Waals surface area contributed by atoms with Gasteiger partial charge >= 0.3 is 0 Å². The molecule has 1 aliphatic rings. The van der Waals surface area contributed by atoms with Crippen LogP contribution >= 0.6 is 22.9 Å². The Balaban J connectivity index is 2.02.